The number of nitrogens with zero attached hydrogens (tertiary/aromatic N) is 5. The Morgan fingerprint density at radius 2 is 2.12 bits per heavy atom. The Kier molecular flexibility index (Phi) is 7.19. The number of oxazole rings is 1. The maximum Gasteiger partial charge on any atom is 0.292 e. The van der Waals surface area contributed by atoms with Crippen LogP contribution in [0.3, 0.4) is 0 Å². The van der Waals surface area contributed by atoms with Crippen LogP contribution < -0.4 is 16.8 Å². The van der Waals surface area contributed by atoms with Crippen LogP contribution in [0.1, 0.15) is 25.7 Å². The minimum atomic E-state index is -0.0445. The minimum absolute atomic E-state index is 0.0445. The Bertz CT molecular complexity index is 1340. The number of nitrogen functional groups attached to an aromatic ring is 2. The first-order valence-corrected chi connectivity index (χ1v) is 11.0. The molecule has 176 valence electrons. The van der Waals surface area contributed by atoms with Gasteiger partial charge in [-0.3, -0.25) is 4.79 Å². The Labute approximate surface area is 195 Å². The Morgan fingerprint density at radius 3 is 2.97 bits per heavy atom. The lowest BCUT2D eigenvalue weighted by Crippen LogP contribution is -2.25. The van der Waals surface area contributed by atoms with Crippen molar-refractivity contribution in [1.82, 2.24) is 30.0 Å². The molecule has 11 nitrogen and oxygen atoms in total. The molecule has 0 aliphatic rings. The molecule has 0 saturated heterocycles. The highest BCUT2D eigenvalue weighted by Crippen LogP contribution is 2.32. The number of fused-ring (bicyclic) bond motifs is 2. The molecular weight excluding hydrogens is 436 g/mol. The SMILES string of the molecule is C#CCCOCCC(=O)NCCCCn1nc(-c2ccc3oc(N)nc3c2)c2c(N)ncnc21. The number of amides is 1. The largest absolute Gasteiger partial charge is 0.424 e. The number of nitrogens with one attached hydrogen (secondary N) is 1. The summed E-state index contributed by atoms with van der Waals surface area (Å²) in [5.74, 6) is 2.80. The topological polar surface area (TPSA) is 160 Å². The number of nitrogens with two attached hydrogens (primary N) is 2. The summed E-state index contributed by atoms with van der Waals surface area (Å²) in [7, 11) is 0. The van der Waals surface area contributed by atoms with Gasteiger partial charge >= 0.3 is 0 Å². The number of rotatable bonds is 11. The lowest BCUT2D eigenvalue weighted by Gasteiger charge is -2.06. The highest BCUT2D eigenvalue weighted by Gasteiger charge is 2.18. The summed E-state index contributed by atoms with van der Waals surface area (Å²) in [6.45, 7) is 2.01. The van der Waals surface area contributed by atoms with E-state index in [-0.39, 0.29) is 11.9 Å². The third-order valence-electron chi connectivity index (χ3n) is 5.22. The summed E-state index contributed by atoms with van der Waals surface area (Å²) in [6.07, 6.45) is 9.02. The smallest absolute Gasteiger partial charge is 0.292 e. The van der Waals surface area contributed by atoms with Gasteiger partial charge in [-0.2, -0.15) is 10.1 Å². The molecule has 0 aliphatic carbocycles. The van der Waals surface area contributed by atoms with Crippen molar-refractivity contribution in [2.45, 2.75) is 32.2 Å². The lowest BCUT2D eigenvalue weighted by atomic mass is 10.1. The summed E-state index contributed by atoms with van der Waals surface area (Å²) >= 11 is 0. The fraction of sp³-hybridized carbons (Fsp3) is 0.348. The van der Waals surface area contributed by atoms with E-state index in [9.17, 15) is 4.79 Å². The van der Waals surface area contributed by atoms with E-state index in [2.05, 4.69) is 26.2 Å². The van der Waals surface area contributed by atoms with Gasteiger partial charge < -0.3 is 25.9 Å². The van der Waals surface area contributed by atoms with Crippen LogP contribution >= 0.6 is 0 Å². The molecular formula is C23H26N8O3. The van der Waals surface area contributed by atoms with E-state index in [0.717, 1.165) is 18.4 Å². The second-order valence-corrected chi connectivity index (χ2v) is 7.64. The molecule has 0 radical (unpaired) electrons. The number of unbranched alkanes of at least 4 members (excludes halogenated alkanes) is 1. The maximum absolute atomic E-state index is 11.9. The number of ether oxygens (including phenoxy) is 1. The van der Waals surface area contributed by atoms with Crippen LogP contribution in [0.2, 0.25) is 0 Å². The van der Waals surface area contributed by atoms with Crippen LogP contribution in [-0.4, -0.2) is 50.4 Å². The molecule has 5 N–H and O–H groups in total. The second kappa shape index (κ2) is 10.6. The molecule has 0 saturated carbocycles. The van der Waals surface area contributed by atoms with Gasteiger partial charge in [0.15, 0.2) is 11.2 Å². The second-order valence-electron chi connectivity index (χ2n) is 7.64. The van der Waals surface area contributed by atoms with Gasteiger partial charge in [-0.25, -0.2) is 14.6 Å². The van der Waals surface area contributed by atoms with Crippen molar-refractivity contribution in [3.8, 4) is 23.6 Å². The number of carbonyl (C=O) groups excluding carboxylic acids is 1. The summed E-state index contributed by atoms with van der Waals surface area (Å²) in [6, 6.07) is 5.62. The quantitative estimate of drug-likeness (QED) is 0.224. The summed E-state index contributed by atoms with van der Waals surface area (Å²) in [4.78, 5) is 24.6. The highest BCUT2D eigenvalue weighted by molar-refractivity contribution is 5.99. The molecule has 0 atom stereocenters. The number of terminal acetylenes is 1. The zero-order valence-electron chi connectivity index (χ0n) is 18.7. The number of hydrogen-bond acceptors (Lipinski definition) is 9. The van der Waals surface area contributed by atoms with E-state index < -0.39 is 0 Å². The molecule has 0 fully saturated rings. The molecule has 3 heterocycles. The first-order chi connectivity index (χ1) is 16.6. The Morgan fingerprint density at radius 1 is 1.24 bits per heavy atom. The molecule has 1 amide bonds. The van der Waals surface area contributed by atoms with E-state index in [1.165, 1.54) is 6.33 Å². The zero-order valence-corrected chi connectivity index (χ0v) is 18.7. The average molecular weight is 463 g/mol. The number of anilines is 2. The van der Waals surface area contributed by atoms with E-state index in [1.807, 2.05) is 16.8 Å². The van der Waals surface area contributed by atoms with Crippen LogP contribution in [0.5, 0.6) is 0 Å². The molecule has 0 bridgehead atoms. The minimum Gasteiger partial charge on any atom is -0.424 e. The van der Waals surface area contributed by atoms with E-state index in [4.69, 9.17) is 32.1 Å². The van der Waals surface area contributed by atoms with Gasteiger partial charge in [0.05, 0.1) is 18.6 Å². The van der Waals surface area contributed by atoms with Gasteiger partial charge in [-0.1, -0.05) is 0 Å². The molecule has 34 heavy (non-hydrogen) atoms. The van der Waals surface area contributed by atoms with E-state index >= 15 is 0 Å². The van der Waals surface area contributed by atoms with E-state index in [0.29, 0.717) is 72.8 Å². The maximum atomic E-state index is 11.9. The van der Waals surface area contributed by atoms with E-state index in [1.54, 1.807) is 6.07 Å². The van der Waals surface area contributed by atoms with Gasteiger partial charge in [-0.05, 0) is 31.0 Å². The van der Waals surface area contributed by atoms with Crippen LogP contribution in [0, 0.1) is 12.3 Å². The average Bonchev–Trinajstić information content (AvgIpc) is 3.38. The van der Waals surface area contributed by atoms with Gasteiger partial charge in [0, 0.05) is 31.5 Å². The molecule has 4 rings (SSSR count). The molecule has 0 spiro atoms. The van der Waals surface area contributed by atoms with Crippen molar-refractivity contribution in [2.24, 2.45) is 0 Å². The van der Waals surface area contributed by atoms with Gasteiger partial charge in [0.2, 0.25) is 5.91 Å². The van der Waals surface area contributed by atoms with Gasteiger partial charge in [0.25, 0.3) is 6.01 Å². The molecule has 11 heteroatoms. The first-order valence-electron chi connectivity index (χ1n) is 11.0. The fourth-order valence-electron chi connectivity index (χ4n) is 3.58. The van der Waals surface area contributed by atoms with Crippen molar-refractivity contribution in [2.75, 3.05) is 31.2 Å². The van der Waals surface area contributed by atoms with Crippen molar-refractivity contribution in [3.05, 3.63) is 24.5 Å². The molecule has 0 aliphatic heterocycles. The van der Waals surface area contributed by atoms with Crippen LogP contribution in [-0.2, 0) is 16.1 Å². The predicted molar refractivity (Wildman–Crippen MR) is 128 cm³/mol. The number of aromatic nitrogens is 5. The lowest BCUT2D eigenvalue weighted by molar-refractivity contribution is -0.122. The number of carbonyl (C=O) groups is 1. The molecule has 3 aromatic heterocycles. The van der Waals surface area contributed by atoms with Crippen LogP contribution in [0.4, 0.5) is 11.8 Å². The third-order valence-corrected chi connectivity index (χ3v) is 5.22. The van der Waals surface area contributed by atoms with Crippen molar-refractivity contribution in [3.63, 3.8) is 0 Å². The standard InChI is InChI=1S/C23H26N8O3/c1-2-3-11-33-12-8-18(32)26-9-4-5-10-31-22-19(21(24)27-14-28-22)20(30-31)15-6-7-17-16(13-15)29-23(25)34-17/h1,6-7,13-14H,3-5,8-12H2,(H2,25,29)(H,26,32)(H2,24,27,28). The van der Waals surface area contributed by atoms with Gasteiger partial charge in [-0.15, -0.1) is 12.3 Å². The monoisotopic (exact) mass is 462 g/mol. The molecule has 1 aromatic carbocycles. The molecule has 0 unspecified atom stereocenters. The molecule has 4 aromatic rings. The van der Waals surface area contributed by atoms with Gasteiger partial charge in [0.1, 0.15) is 23.4 Å². The predicted octanol–water partition coefficient (Wildman–Crippen LogP) is 2.13. The summed E-state index contributed by atoms with van der Waals surface area (Å²) in [5, 5.41) is 8.33. The number of benzene rings is 1. The first kappa shape index (κ1) is 23.0. The fourth-order valence-corrected chi connectivity index (χ4v) is 3.58. The van der Waals surface area contributed by atoms with Crippen LogP contribution in [0.15, 0.2) is 28.9 Å². The Balaban J connectivity index is 1.38. The van der Waals surface area contributed by atoms with Crippen molar-refractivity contribution in [1.29, 1.82) is 0 Å². The Hall–Kier alpha value is -4.17. The summed E-state index contributed by atoms with van der Waals surface area (Å²) < 4.78 is 12.5. The number of hydrogen-bond donors (Lipinski definition) is 3. The normalized spacial score (nSPS) is 11.1. The zero-order chi connectivity index (χ0) is 23.9. The highest BCUT2D eigenvalue weighted by atomic mass is 16.5. The van der Waals surface area contributed by atoms with Crippen LogP contribution in [0.25, 0.3) is 33.4 Å². The summed E-state index contributed by atoms with van der Waals surface area (Å²) in [5.41, 5.74) is 15.2. The third kappa shape index (κ3) is 5.24. The number of aryl methyl sites for hydroxylation is 1. The van der Waals surface area contributed by atoms with Crippen molar-refractivity contribution < 1.29 is 13.9 Å². The van der Waals surface area contributed by atoms with Crippen molar-refractivity contribution >= 4 is 39.9 Å².